The third-order valence-corrected chi connectivity index (χ3v) is 4.48. The summed E-state index contributed by atoms with van der Waals surface area (Å²) in [7, 11) is 1.14. The minimum atomic E-state index is -0.988. The fraction of sp³-hybridized carbons (Fsp3) is 0.150. The molecule has 29 heavy (non-hydrogen) atoms. The molecule has 152 valence electrons. The van der Waals surface area contributed by atoms with Crippen LogP contribution in [0.5, 0.6) is 0 Å². The second-order valence-electron chi connectivity index (χ2n) is 5.48. The van der Waals surface area contributed by atoms with Crippen molar-refractivity contribution in [3.8, 4) is 0 Å². The summed E-state index contributed by atoms with van der Waals surface area (Å²) in [6.45, 7) is 3.25. The second kappa shape index (κ2) is 10.9. The maximum atomic E-state index is 12.2. The number of benzene rings is 2. The van der Waals surface area contributed by atoms with Gasteiger partial charge in [-0.05, 0) is 48.5 Å². The molecular weight excluding hydrogens is 398 g/mol. The second-order valence-corrected chi connectivity index (χ2v) is 6.62. The highest BCUT2D eigenvalue weighted by Gasteiger charge is 2.13. The van der Waals surface area contributed by atoms with Crippen LogP contribution in [-0.4, -0.2) is 43.3 Å². The summed E-state index contributed by atoms with van der Waals surface area (Å²) in [6, 6.07) is 13.6. The Morgan fingerprint density at radius 2 is 1.55 bits per heavy atom. The maximum absolute atomic E-state index is 12.2. The third kappa shape index (κ3) is 6.66. The number of ketones is 1. The zero-order chi connectivity index (χ0) is 21.2. The number of nitrogens with one attached hydrogen (secondary N) is 1. The van der Waals surface area contributed by atoms with Crippen molar-refractivity contribution < 1.29 is 33.8 Å². The highest BCUT2D eigenvalue weighted by Crippen LogP contribution is 2.28. The fourth-order valence-electron chi connectivity index (χ4n) is 2.06. The molecule has 0 heterocycles. The van der Waals surface area contributed by atoms with Crippen LogP contribution in [0.15, 0.2) is 70.6 Å². The number of carbonyl (C=O) groups excluding carboxylic acids is 3. The summed E-state index contributed by atoms with van der Waals surface area (Å²) in [5.41, 5.74) is 2.78. The van der Waals surface area contributed by atoms with Crippen molar-refractivity contribution in [2.45, 2.75) is 9.79 Å². The van der Waals surface area contributed by atoms with E-state index < -0.39 is 17.9 Å². The number of Topliss-reactive ketones (excluding diaryl/α,β-unsaturated/α-hetero) is 1. The number of hydrogen-bond donors (Lipinski definition) is 2. The van der Waals surface area contributed by atoms with Gasteiger partial charge >= 0.3 is 12.1 Å². The molecule has 0 aliphatic heterocycles. The van der Waals surface area contributed by atoms with Crippen LogP contribution < -0.4 is 5.48 Å². The van der Waals surface area contributed by atoms with Crippen LogP contribution in [-0.2, 0) is 14.3 Å². The van der Waals surface area contributed by atoms with Gasteiger partial charge in [0.1, 0.15) is 12.3 Å². The predicted octanol–water partition coefficient (Wildman–Crippen LogP) is 2.97. The van der Waals surface area contributed by atoms with Gasteiger partial charge in [-0.15, -0.1) is 0 Å². The van der Waals surface area contributed by atoms with Gasteiger partial charge in [-0.25, -0.2) is 15.1 Å². The molecule has 0 saturated heterocycles. The summed E-state index contributed by atoms with van der Waals surface area (Å²) in [4.78, 5) is 41.1. The van der Waals surface area contributed by atoms with Gasteiger partial charge in [-0.3, -0.25) is 4.79 Å². The molecule has 0 atom stereocenters. The van der Waals surface area contributed by atoms with Crippen LogP contribution in [0.4, 0.5) is 4.79 Å². The first kappa shape index (κ1) is 22.0. The topological polar surface area (TPSA) is 111 Å². The van der Waals surface area contributed by atoms with Gasteiger partial charge in [-0.1, -0.05) is 18.3 Å². The van der Waals surface area contributed by atoms with E-state index in [2.05, 4.69) is 21.6 Å². The molecule has 2 aromatic rings. The van der Waals surface area contributed by atoms with Crippen LogP contribution in [0.25, 0.3) is 0 Å². The van der Waals surface area contributed by atoms with Crippen molar-refractivity contribution in [1.82, 2.24) is 5.48 Å². The molecule has 0 spiro atoms. The Morgan fingerprint density at radius 1 is 1.00 bits per heavy atom. The molecule has 0 bridgehead atoms. The number of aliphatic hydroxyl groups is 1. The largest absolute Gasteiger partial charge is 0.532 e. The molecule has 0 unspecified atom stereocenters. The molecule has 2 aromatic carbocycles. The molecule has 9 heteroatoms. The fourth-order valence-corrected chi connectivity index (χ4v) is 2.87. The van der Waals surface area contributed by atoms with Crippen molar-refractivity contribution in [3.05, 3.63) is 71.9 Å². The van der Waals surface area contributed by atoms with Gasteiger partial charge in [0.05, 0.1) is 19.3 Å². The molecule has 0 saturated carbocycles. The first-order valence-electron chi connectivity index (χ1n) is 8.35. The third-order valence-electron chi connectivity index (χ3n) is 3.46. The van der Waals surface area contributed by atoms with E-state index in [4.69, 9.17) is 9.84 Å². The molecule has 2 rings (SSSR count). The van der Waals surface area contributed by atoms with Crippen LogP contribution in [0.2, 0.25) is 0 Å². The molecule has 0 aromatic heterocycles. The van der Waals surface area contributed by atoms with E-state index in [9.17, 15) is 14.4 Å². The summed E-state index contributed by atoms with van der Waals surface area (Å²) < 4.78 is 9.13. The molecule has 0 fully saturated rings. The predicted molar refractivity (Wildman–Crippen MR) is 104 cm³/mol. The number of esters is 1. The van der Waals surface area contributed by atoms with Crippen LogP contribution in [0, 0.1) is 0 Å². The molecule has 0 aliphatic rings. The van der Waals surface area contributed by atoms with Crippen LogP contribution in [0.3, 0.4) is 0 Å². The van der Waals surface area contributed by atoms with E-state index in [1.54, 1.807) is 48.5 Å². The molecule has 2 N–H and O–H groups in total. The lowest BCUT2D eigenvalue weighted by Crippen LogP contribution is -2.23. The lowest BCUT2D eigenvalue weighted by Gasteiger charge is -2.08. The summed E-state index contributed by atoms with van der Waals surface area (Å²) in [5, 5.41) is 8.68. The highest BCUT2D eigenvalue weighted by molar-refractivity contribution is 7.99. The van der Waals surface area contributed by atoms with E-state index in [-0.39, 0.29) is 18.9 Å². The molecular formula is C20H19NO7S. The Hall–Kier alpha value is -3.30. The number of allylic oxidation sites excluding steroid dienone is 1. The van der Waals surface area contributed by atoms with Crippen LogP contribution >= 0.6 is 11.8 Å². The number of hydroxylamine groups is 1. The van der Waals surface area contributed by atoms with Gasteiger partial charge in [0.15, 0.2) is 0 Å². The summed E-state index contributed by atoms with van der Waals surface area (Å²) >= 11 is 1.44. The number of aliphatic hydroxyl groups excluding tert-OH is 1. The van der Waals surface area contributed by atoms with Gasteiger partial charge in [0.2, 0.25) is 5.78 Å². The van der Waals surface area contributed by atoms with Crippen molar-refractivity contribution in [2.24, 2.45) is 0 Å². The number of hydrogen-bond acceptors (Lipinski definition) is 9. The van der Waals surface area contributed by atoms with Gasteiger partial charge in [0, 0.05) is 15.4 Å². The highest BCUT2D eigenvalue weighted by atomic mass is 32.2. The normalized spacial score (nSPS) is 10.0. The van der Waals surface area contributed by atoms with Crippen molar-refractivity contribution in [1.29, 1.82) is 0 Å². The Bertz CT molecular complexity index is 879. The Labute approximate surface area is 171 Å². The first-order valence-corrected chi connectivity index (χ1v) is 9.16. The molecule has 0 radical (unpaired) electrons. The average molecular weight is 417 g/mol. The van der Waals surface area contributed by atoms with E-state index in [0.717, 1.165) is 16.9 Å². The number of methoxy groups -OCH3 is 1. The Morgan fingerprint density at radius 3 is 2.07 bits per heavy atom. The zero-order valence-electron chi connectivity index (χ0n) is 15.5. The first-order chi connectivity index (χ1) is 13.9. The van der Waals surface area contributed by atoms with Crippen molar-refractivity contribution >= 4 is 29.7 Å². The van der Waals surface area contributed by atoms with Gasteiger partial charge in [-0.2, -0.15) is 0 Å². The zero-order valence-corrected chi connectivity index (χ0v) is 16.4. The van der Waals surface area contributed by atoms with Gasteiger partial charge < -0.3 is 19.4 Å². The van der Waals surface area contributed by atoms with Crippen molar-refractivity contribution in [2.75, 3.05) is 20.3 Å². The van der Waals surface area contributed by atoms with E-state index in [0.29, 0.717) is 11.1 Å². The van der Waals surface area contributed by atoms with E-state index >= 15 is 0 Å². The lowest BCUT2D eigenvalue weighted by atomic mass is 10.1. The molecule has 0 amide bonds. The monoisotopic (exact) mass is 417 g/mol. The number of rotatable bonds is 9. The Kier molecular flexibility index (Phi) is 8.26. The average Bonchev–Trinajstić information content (AvgIpc) is 2.76. The SMILES string of the molecule is C=C(NOC(=O)OC)C(=O)c1ccc(Sc2ccc(C(=O)OCCO)cc2)cc1. The maximum Gasteiger partial charge on any atom is 0.532 e. The Balaban J connectivity index is 1.94. The quantitative estimate of drug-likeness (QED) is 0.275. The van der Waals surface area contributed by atoms with Crippen LogP contribution in [0.1, 0.15) is 20.7 Å². The molecule has 8 nitrogen and oxygen atoms in total. The minimum Gasteiger partial charge on any atom is -0.460 e. The number of carbonyl (C=O) groups is 3. The lowest BCUT2D eigenvalue weighted by molar-refractivity contribution is 0.0398. The van der Waals surface area contributed by atoms with E-state index in [1.165, 1.54) is 11.8 Å². The summed E-state index contributed by atoms with van der Waals surface area (Å²) in [6.07, 6.45) is -0.988. The standard InChI is InChI=1S/C20H19NO7S/c1-13(21-28-20(25)26-2)18(23)14-3-7-16(8-4-14)29-17-9-5-15(6-10-17)19(24)27-12-11-22/h3-10,21-22H,1,11-12H2,2H3. The number of ether oxygens (including phenoxy) is 2. The smallest absolute Gasteiger partial charge is 0.460 e. The van der Waals surface area contributed by atoms with E-state index in [1.807, 2.05) is 0 Å². The van der Waals surface area contributed by atoms with Gasteiger partial charge in [0.25, 0.3) is 0 Å². The van der Waals surface area contributed by atoms with Crippen molar-refractivity contribution in [3.63, 3.8) is 0 Å². The minimum absolute atomic E-state index is 0.0445. The summed E-state index contributed by atoms with van der Waals surface area (Å²) in [5.74, 6) is -0.931. The molecule has 0 aliphatic carbocycles.